The number of anilines is 1. The second kappa shape index (κ2) is 7.30. The molecule has 0 unspecified atom stereocenters. The largest absolute Gasteiger partial charge is 0.379 e. The fourth-order valence-corrected chi connectivity index (χ4v) is 1.70. The summed E-state index contributed by atoms with van der Waals surface area (Å²) in [6.07, 6.45) is 0. The van der Waals surface area contributed by atoms with E-state index in [4.69, 9.17) is 10.5 Å². The van der Waals surface area contributed by atoms with E-state index < -0.39 is 0 Å². The maximum atomic E-state index is 5.73. The van der Waals surface area contributed by atoms with Crippen LogP contribution in [0.3, 0.4) is 0 Å². The molecule has 0 aliphatic heterocycles. The van der Waals surface area contributed by atoms with Gasteiger partial charge in [0.05, 0.1) is 6.61 Å². The fraction of sp³-hybridized carbons (Fsp3) is 0.571. The molecule has 17 heavy (non-hydrogen) atoms. The van der Waals surface area contributed by atoms with E-state index in [1.165, 1.54) is 11.3 Å². The molecule has 1 aromatic rings. The summed E-state index contributed by atoms with van der Waals surface area (Å²) in [6, 6.07) is 8.24. The number of hydrogen-bond donors (Lipinski definition) is 1. The Kier molecular flexibility index (Phi) is 6.01. The number of benzene rings is 1. The number of rotatable bonds is 7. The highest BCUT2D eigenvalue weighted by molar-refractivity contribution is 5.52. The van der Waals surface area contributed by atoms with Crippen molar-refractivity contribution in [1.82, 2.24) is 0 Å². The van der Waals surface area contributed by atoms with Gasteiger partial charge in [-0.1, -0.05) is 32.0 Å². The summed E-state index contributed by atoms with van der Waals surface area (Å²) >= 11 is 0. The quantitative estimate of drug-likeness (QED) is 0.738. The van der Waals surface area contributed by atoms with E-state index in [1.807, 2.05) is 12.1 Å². The zero-order valence-electron chi connectivity index (χ0n) is 11.1. The molecule has 0 saturated heterocycles. The van der Waals surface area contributed by atoms with Gasteiger partial charge in [0.2, 0.25) is 0 Å². The molecule has 96 valence electrons. The molecule has 2 N–H and O–H groups in total. The van der Waals surface area contributed by atoms with Crippen LogP contribution in [0.25, 0.3) is 0 Å². The van der Waals surface area contributed by atoms with Gasteiger partial charge >= 0.3 is 0 Å². The lowest BCUT2D eigenvalue weighted by atomic mass is 10.1. The number of ether oxygens (including phenoxy) is 1. The van der Waals surface area contributed by atoms with Gasteiger partial charge in [0.25, 0.3) is 0 Å². The SMILES string of the molecule is CC(C)COCCN(C)c1ccccc1CN. The average molecular weight is 236 g/mol. The van der Waals surface area contributed by atoms with Crippen LogP contribution in [0.1, 0.15) is 19.4 Å². The highest BCUT2D eigenvalue weighted by Gasteiger charge is 2.05. The number of hydrogen-bond acceptors (Lipinski definition) is 3. The van der Waals surface area contributed by atoms with Crippen LogP contribution in [0.4, 0.5) is 5.69 Å². The lowest BCUT2D eigenvalue weighted by molar-refractivity contribution is 0.116. The molecule has 3 nitrogen and oxygen atoms in total. The third-order valence-electron chi connectivity index (χ3n) is 2.64. The first-order valence-electron chi connectivity index (χ1n) is 6.22. The zero-order valence-corrected chi connectivity index (χ0v) is 11.1. The van der Waals surface area contributed by atoms with Crippen LogP contribution in [-0.4, -0.2) is 26.8 Å². The van der Waals surface area contributed by atoms with Crippen molar-refractivity contribution in [1.29, 1.82) is 0 Å². The Balaban J connectivity index is 2.43. The molecular formula is C14H24N2O. The minimum Gasteiger partial charge on any atom is -0.379 e. The average Bonchev–Trinajstić information content (AvgIpc) is 2.34. The predicted octanol–water partition coefficient (Wildman–Crippen LogP) is 2.25. The summed E-state index contributed by atoms with van der Waals surface area (Å²) in [4.78, 5) is 2.20. The Hall–Kier alpha value is -1.06. The van der Waals surface area contributed by atoms with Crippen molar-refractivity contribution in [2.75, 3.05) is 31.7 Å². The lowest BCUT2D eigenvalue weighted by Gasteiger charge is -2.22. The molecule has 0 amide bonds. The topological polar surface area (TPSA) is 38.5 Å². The van der Waals surface area contributed by atoms with Crippen LogP contribution in [-0.2, 0) is 11.3 Å². The smallest absolute Gasteiger partial charge is 0.0641 e. The summed E-state index contributed by atoms with van der Waals surface area (Å²) in [5.41, 5.74) is 8.10. The molecule has 0 heterocycles. The molecule has 0 atom stereocenters. The molecule has 0 spiro atoms. The molecule has 0 aliphatic rings. The van der Waals surface area contributed by atoms with Gasteiger partial charge in [-0.2, -0.15) is 0 Å². The monoisotopic (exact) mass is 236 g/mol. The highest BCUT2D eigenvalue weighted by atomic mass is 16.5. The normalized spacial score (nSPS) is 10.9. The number of nitrogens with zero attached hydrogens (tertiary/aromatic N) is 1. The minimum absolute atomic E-state index is 0.577. The van der Waals surface area contributed by atoms with E-state index in [-0.39, 0.29) is 0 Å². The first-order chi connectivity index (χ1) is 8.15. The molecule has 0 bridgehead atoms. The van der Waals surface area contributed by atoms with E-state index in [0.29, 0.717) is 12.5 Å². The zero-order chi connectivity index (χ0) is 12.7. The van der Waals surface area contributed by atoms with E-state index >= 15 is 0 Å². The van der Waals surface area contributed by atoms with Crippen LogP contribution in [0, 0.1) is 5.92 Å². The summed E-state index contributed by atoms with van der Waals surface area (Å²) in [5.74, 6) is 0.594. The van der Waals surface area contributed by atoms with Gasteiger partial charge in [0, 0.05) is 32.4 Å². The second-order valence-corrected chi connectivity index (χ2v) is 4.72. The summed E-state index contributed by atoms with van der Waals surface area (Å²) in [7, 11) is 2.08. The van der Waals surface area contributed by atoms with Crippen molar-refractivity contribution < 1.29 is 4.74 Å². The Morgan fingerprint density at radius 2 is 2.00 bits per heavy atom. The summed E-state index contributed by atoms with van der Waals surface area (Å²) in [5, 5.41) is 0. The fourth-order valence-electron chi connectivity index (χ4n) is 1.70. The van der Waals surface area contributed by atoms with Crippen LogP contribution in [0.5, 0.6) is 0 Å². The van der Waals surface area contributed by atoms with Crippen LogP contribution < -0.4 is 10.6 Å². The Bertz CT molecular complexity index is 326. The summed E-state index contributed by atoms with van der Waals surface area (Å²) in [6.45, 7) is 7.37. The summed E-state index contributed by atoms with van der Waals surface area (Å²) < 4.78 is 5.59. The van der Waals surface area contributed by atoms with Crippen molar-refractivity contribution >= 4 is 5.69 Å². The van der Waals surface area contributed by atoms with Gasteiger partial charge in [-0.05, 0) is 17.5 Å². The first-order valence-corrected chi connectivity index (χ1v) is 6.22. The van der Waals surface area contributed by atoms with E-state index in [0.717, 1.165) is 19.8 Å². The van der Waals surface area contributed by atoms with Gasteiger partial charge in [-0.15, -0.1) is 0 Å². The Morgan fingerprint density at radius 1 is 1.29 bits per heavy atom. The Morgan fingerprint density at radius 3 is 2.65 bits per heavy atom. The van der Waals surface area contributed by atoms with E-state index in [9.17, 15) is 0 Å². The van der Waals surface area contributed by atoms with Crippen LogP contribution in [0.15, 0.2) is 24.3 Å². The number of likely N-dealkylation sites (N-methyl/N-ethyl adjacent to an activating group) is 1. The minimum atomic E-state index is 0.577. The van der Waals surface area contributed by atoms with Gasteiger partial charge in [-0.3, -0.25) is 0 Å². The third kappa shape index (κ3) is 4.75. The van der Waals surface area contributed by atoms with Crippen molar-refractivity contribution in [3.8, 4) is 0 Å². The van der Waals surface area contributed by atoms with Crippen molar-refractivity contribution in [3.63, 3.8) is 0 Å². The molecule has 0 fully saturated rings. The lowest BCUT2D eigenvalue weighted by Crippen LogP contribution is -2.24. The predicted molar refractivity (Wildman–Crippen MR) is 73.3 cm³/mol. The van der Waals surface area contributed by atoms with Crippen molar-refractivity contribution in [3.05, 3.63) is 29.8 Å². The number of nitrogens with two attached hydrogens (primary N) is 1. The van der Waals surface area contributed by atoms with Crippen LogP contribution in [0.2, 0.25) is 0 Å². The molecule has 1 rings (SSSR count). The van der Waals surface area contributed by atoms with Gasteiger partial charge in [-0.25, -0.2) is 0 Å². The van der Waals surface area contributed by atoms with Gasteiger partial charge in [0.1, 0.15) is 0 Å². The molecule has 0 saturated carbocycles. The highest BCUT2D eigenvalue weighted by Crippen LogP contribution is 2.18. The second-order valence-electron chi connectivity index (χ2n) is 4.72. The van der Waals surface area contributed by atoms with Gasteiger partial charge < -0.3 is 15.4 Å². The standard InChI is InChI=1S/C14H24N2O/c1-12(2)11-17-9-8-16(3)14-7-5-4-6-13(14)10-15/h4-7,12H,8-11,15H2,1-3H3. The first kappa shape index (κ1) is 14.0. The molecule has 0 aliphatic carbocycles. The van der Waals surface area contributed by atoms with E-state index in [1.54, 1.807) is 0 Å². The molecule has 0 aromatic heterocycles. The molecular weight excluding hydrogens is 212 g/mol. The van der Waals surface area contributed by atoms with Crippen molar-refractivity contribution in [2.24, 2.45) is 11.7 Å². The molecule has 1 aromatic carbocycles. The van der Waals surface area contributed by atoms with E-state index in [2.05, 4.69) is 37.9 Å². The van der Waals surface area contributed by atoms with Crippen molar-refractivity contribution in [2.45, 2.75) is 20.4 Å². The third-order valence-corrected chi connectivity index (χ3v) is 2.64. The molecule has 0 radical (unpaired) electrons. The maximum Gasteiger partial charge on any atom is 0.0641 e. The maximum absolute atomic E-state index is 5.73. The Labute approximate surface area is 105 Å². The molecule has 3 heteroatoms. The van der Waals surface area contributed by atoms with Crippen LogP contribution >= 0.6 is 0 Å². The van der Waals surface area contributed by atoms with Gasteiger partial charge in [0.15, 0.2) is 0 Å². The number of para-hydroxylation sites is 1.